The van der Waals surface area contributed by atoms with Gasteiger partial charge in [-0.2, -0.15) is 0 Å². The molecule has 0 radical (unpaired) electrons. The molecule has 3 rings (SSSR count). The lowest BCUT2D eigenvalue weighted by Crippen LogP contribution is -2.22. The maximum absolute atomic E-state index is 12.4. The standard InChI is InChI=1S/C22H21NO2/c1-16-8-10-17(11-9-16)15-23-22(24)19-12-13-20(21(14-19)25-2)18-6-4-3-5-7-18/h3-14H,15H2,1-2H3,(H,23,24). The molecule has 1 N–H and O–H groups in total. The van der Waals surface area contributed by atoms with E-state index in [1.165, 1.54) is 5.56 Å². The van der Waals surface area contributed by atoms with Gasteiger partial charge in [-0.3, -0.25) is 4.79 Å². The van der Waals surface area contributed by atoms with Crippen molar-refractivity contribution in [3.05, 3.63) is 89.5 Å². The monoisotopic (exact) mass is 331 g/mol. The minimum atomic E-state index is -0.113. The largest absolute Gasteiger partial charge is 0.496 e. The molecule has 3 nitrogen and oxygen atoms in total. The lowest BCUT2D eigenvalue weighted by Gasteiger charge is -2.11. The first-order valence-electron chi connectivity index (χ1n) is 8.24. The second-order valence-electron chi connectivity index (χ2n) is 5.95. The Morgan fingerprint density at radius 2 is 1.68 bits per heavy atom. The molecule has 0 unspecified atom stereocenters. The summed E-state index contributed by atoms with van der Waals surface area (Å²) in [7, 11) is 1.62. The van der Waals surface area contributed by atoms with E-state index < -0.39 is 0 Å². The number of rotatable bonds is 5. The van der Waals surface area contributed by atoms with Gasteiger partial charge in [0.15, 0.2) is 0 Å². The number of aryl methyl sites for hydroxylation is 1. The molecule has 3 aromatic rings. The zero-order valence-electron chi connectivity index (χ0n) is 14.5. The number of methoxy groups -OCH3 is 1. The van der Waals surface area contributed by atoms with Crippen LogP contribution in [0.4, 0.5) is 0 Å². The Hall–Kier alpha value is -3.07. The number of benzene rings is 3. The highest BCUT2D eigenvalue weighted by Gasteiger charge is 2.11. The van der Waals surface area contributed by atoms with Gasteiger partial charge in [-0.05, 0) is 36.2 Å². The van der Waals surface area contributed by atoms with Crippen molar-refractivity contribution in [3.8, 4) is 16.9 Å². The molecule has 0 saturated heterocycles. The third-order valence-electron chi connectivity index (χ3n) is 4.12. The van der Waals surface area contributed by atoms with Gasteiger partial charge in [0.25, 0.3) is 5.91 Å². The third-order valence-corrected chi connectivity index (χ3v) is 4.12. The number of ether oxygens (including phenoxy) is 1. The zero-order valence-corrected chi connectivity index (χ0v) is 14.5. The van der Waals surface area contributed by atoms with E-state index in [2.05, 4.69) is 5.32 Å². The van der Waals surface area contributed by atoms with E-state index in [1.54, 1.807) is 13.2 Å². The molecule has 0 aliphatic heterocycles. The van der Waals surface area contributed by atoms with Crippen molar-refractivity contribution in [1.82, 2.24) is 5.32 Å². The van der Waals surface area contributed by atoms with E-state index in [1.807, 2.05) is 73.7 Å². The van der Waals surface area contributed by atoms with E-state index in [0.717, 1.165) is 16.7 Å². The van der Waals surface area contributed by atoms with Crippen LogP contribution in [0.2, 0.25) is 0 Å². The molecule has 25 heavy (non-hydrogen) atoms. The van der Waals surface area contributed by atoms with Gasteiger partial charge in [0.1, 0.15) is 5.75 Å². The lowest BCUT2D eigenvalue weighted by molar-refractivity contribution is 0.0950. The average molecular weight is 331 g/mol. The second kappa shape index (κ2) is 7.67. The Morgan fingerprint density at radius 1 is 0.960 bits per heavy atom. The fourth-order valence-electron chi connectivity index (χ4n) is 2.68. The third kappa shape index (κ3) is 4.07. The van der Waals surface area contributed by atoms with Crippen molar-refractivity contribution in [3.63, 3.8) is 0 Å². The Balaban J connectivity index is 1.76. The molecule has 0 aromatic heterocycles. The van der Waals surface area contributed by atoms with Crippen LogP contribution in [0, 0.1) is 6.92 Å². The summed E-state index contributed by atoms with van der Waals surface area (Å²) in [6.45, 7) is 2.55. The molecular weight excluding hydrogens is 310 g/mol. The average Bonchev–Trinajstić information content (AvgIpc) is 2.67. The molecule has 0 saturated carbocycles. The summed E-state index contributed by atoms with van der Waals surface area (Å²) >= 11 is 0. The van der Waals surface area contributed by atoms with Crippen molar-refractivity contribution >= 4 is 5.91 Å². The van der Waals surface area contributed by atoms with Crippen molar-refractivity contribution in [1.29, 1.82) is 0 Å². The van der Waals surface area contributed by atoms with Gasteiger partial charge in [-0.15, -0.1) is 0 Å². The van der Waals surface area contributed by atoms with Crippen molar-refractivity contribution in [2.24, 2.45) is 0 Å². The van der Waals surface area contributed by atoms with Crippen LogP contribution < -0.4 is 10.1 Å². The lowest BCUT2D eigenvalue weighted by atomic mass is 10.0. The summed E-state index contributed by atoms with van der Waals surface area (Å²) < 4.78 is 5.49. The first kappa shape index (κ1) is 16.8. The molecule has 0 atom stereocenters. The SMILES string of the molecule is COc1cc(C(=O)NCc2ccc(C)cc2)ccc1-c1ccccc1. The first-order valence-corrected chi connectivity index (χ1v) is 8.24. The summed E-state index contributed by atoms with van der Waals surface area (Å²) in [5.41, 5.74) is 4.90. The summed E-state index contributed by atoms with van der Waals surface area (Å²) in [6.07, 6.45) is 0. The van der Waals surface area contributed by atoms with Crippen molar-refractivity contribution < 1.29 is 9.53 Å². The molecule has 126 valence electrons. The van der Waals surface area contributed by atoms with Crippen LogP contribution in [-0.4, -0.2) is 13.0 Å². The van der Waals surface area contributed by atoms with Crippen LogP contribution >= 0.6 is 0 Å². The maximum atomic E-state index is 12.4. The second-order valence-corrected chi connectivity index (χ2v) is 5.95. The Morgan fingerprint density at radius 3 is 2.36 bits per heavy atom. The van der Waals surface area contributed by atoms with Gasteiger partial charge in [0.2, 0.25) is 0 Å². The molecule has 0 spiro atoms. The minimum Gasteiger partial charge on any atom is -0.496 e. The molecule has 0 aliphatic rings. The minimum absolute atomic E-state index is 0.113. The number of carbonyl (C=O) groups excluding carboxylic acids is 1. The molecule has 3 heteroatoms. The van der Waals surface area contributed by atoms with Crippen LogP contribution in [0.25, 0.3) is 11.1 Å². The molecule has 1 amide bonds. The number of hydrogen-bond acceptors (Lipinski definition) is 2. The summed E-state index contributed by atoms with van der Waals surface area (Å²) in [5, 5.41) is 2.95. The molecular formula is C22H21NO2. The zero-order chi connectivity index (χ0) is 17.6. The Labute approximate surface area is 148 Å². The normalized spacial score (nSPS) is 10.3. The van der Waals surface area contributed by atoms with Crippen LogP contribution in [0.5, 0.6) is 5.75 Å². The van der Waals surface area contributed by atoms with E-state index in [4.69, 9.17) is 4.74 Å². The van der Waals surface area contributed by atoms with E-state index in [0.29, 0.717) is 17.9 Å². The topological polar surface area (TPSA) is 38.3 Å². The first-order chi connectivity index (χ1) is 12.2. The molecule has 0 fully saturated rings. The summed E-state index contributed by atoms with van der Waals surface area (Å²) in [5.74, 6) is 0.577. The number of nitrogens with one attached hydrogen (secondary N) is 1. The molecule has 3 aromatic carbocycles. The van der Waals surface area contributed by atoms with Crippen molar-refractivity contribution in [2.45, 2.75) is 13.5 Å². The van der Waals surface area contributed by atoms with Gasteiger partial charge in [0.05, 0.1) is 7.11 Å². The van der Waals surface area contributed by atoms with E-state index >= 15 is 0 Å². The van der Waals surface area contributed by atoms with Gasteiger partial charge >= 0.3 is 0 Å². The molecule has 0 heterocycles. The van der Waals surface area contributed by atoms with E-state index in [9.17, 15) is 4.79 Å². The summed E-state index contributed by atoms with van der Waals surface area (Å²) in [4.78, 5) is 12.4. The Kier molecular flexibility index (Phi) is 5.14. The van der Waals surface area contributed by atoms with Crippen LogP contribution in [-0.2, 0) is 6.54 Å². The fraction of sp³-hybridized carbons (Fsp3) is 0.136. The smallest absolute Gasteiger partial charge is 0.251 e. The van der Waals surface area contributed by atoms with Gasteiger partial charge < -0.3 is 10.1 Å². The van der Waals surface area contributed by atoms with Gasteiger partial charge in [-0.1, -0.05) is 60.2 Å². The number of amides is 1. The number of hydrogen-bond donors (Lipinski definition) is 1. The quantitative estimate of drug-likeness (QED) is 0.742. The van der Waals surface area contributed by atoms with Gasteiger partial charge in [0, 0.05) is 17.7 Å². The summed E-state index contributed by atoms with van der Waals surface area (Å²) in [6, 6.07) is 23.7. The van der Waals surface area contributed by atoms with Crippen molar-refractivity contribution in [2.75, 3.05) is 7.11 Å². The van der Waals surface area contributed by atoms with Crippen LogP contribution in [0.15, 0.2) is 72.8 Å². The maximum Gasteiger partial charge on any atom is 0.251 e. The van der Waals surface area contributed by atoms with E-state index in [-0.39, 0.29) is 5.91 Å². The number of carbonyl (C=O) groups is 1. The highest BCUT2D eigenvalue weighted by Crippen LogP contribution is 2.30. The predicted octanol–water partition coefficient (Wildman–Crippen LogP) is 4.60. The van der Waals surface area contributed by atoms with Crippen LogP contribution in [0.3, 0.4) is 0 Å². The molecule has 0 aliphatic carbocycles. The van der Waals surface area contributed by atoms with Gasteiger partial charge in [-0.25, -0.2) is 0 Å². The Bertz CT molecular complexity index is 855. The fourth-order valence-corrected chi connectivity index (χ4v) is 2.68. The highest BCUT2D eigenvalue weighted by atomic mass is 16.5. The molecule has 0 bridgehead atoms. The predicted molar refractivity (Wildman–Crippen MR) is 101 cm³/mol. The highest BCUT2D eigenvalue weighted by molar-refractivity contribution is 5.95. The van der Waals surface area contributed by atoms with Crippen LogP contribution in [0.1, 0.15) is 21.5 Å².